The lowest BCUT2D eigenvalue weighted by molar-refractivity contribution is 0.595. The Hall–Kier alpha value is -1.56. The molecule has 1 aromatic rings. The summed E-state index contributed by atoms with van der Waals surface area (Å²) in [5, 5.41) is 0. The average Bonchev–Trinajstić information content (AvgIpc) is 2.19. The van der Waals surface area contributed by atoms with Crippen molar-refractivity contribution in [2.24, 2.45) is 4.40 Å². The van der Waals surface area contributed by atoms with Gasteiger partial charge in [0.05, 0.1) is 5.69 Å². The van der Waals surface area contributed by atoms with Gasteiger partial charge in [0.15, 0.2) is 0 Å². The number of hydrogen-bond donors (Lipinski definition) is 1. The van der Waals surface area contributed by atoms with Crippen LogP contribution in [0.15, 0.2) is 27.5 Å². The molecule has 5 nitrogen and oxygen atoms in total. The number of hydrogen-bond acceptors (Lipinski definition) is 3. The van der Waals surface area contributed by atoms with Gasteiger partial charge in [-0.2, -0.15) is 8.42 Å². The molecule has 1 rings (SSSR count). The lowest BCUT2D eigenvalue weighted by atomic mass is 10.2. The van der Waals surface area contributed by atoms with Gasteiger partial charge >= 0.3 is 0 Å². The number of rotatable bonds is 3. The van der Waals surface area contributed by atoms with E-state index in [-0.39, 0.29) is 10.6 Å². The predicted molar refractivity (Wildman–Crippen MR) is 65.0 cm³/mol. The van der Waals surface area contributed by atoms with E-state index in [4.69, 9.17) is 5.73 Å². The zero-order chi connectivity index (χ0) is 12.3. The number of nitrogens with two attached hydrogens (primary N) is 1. The molecule has 0 heterocycles. The van der Waals surface area contributed by atoms with Gasteiger partial charge in [0.25, 0.3) is 10.0 Å². The molecular formula is C10H15N3O2S. The summed E-state index contributed by atoms with van der Waals surface area (Å²) in [5.74, 6) is 0. The van der Waals surface area contributed by atoms with Crippen molar-refractivity contribution in [3.63, 3.8) is 0 Å². The first kappa shape index (κ1) is 12.5. The fourth-order valence-corrected chi connectivity index (χ4v) is 2.21. The standard InChI is InChI=1S/C10H15N3O2S/c1-8-5-4-6-9(10(8)11)16(14,15)12-7-13(2)3/h4-7H,11H2,1-3H3/b12-7+. The zero-order valence-electron chi connectivity index (χ0n) is 9.51. The van der Waals surface area contributed by atoms with E-state index >= 15 is 0 Å². The molecule has 0 saturated heterocycles. The number of sulfonamides is 1. The summed E-state index contributed by atoms with van der Waals surface area (Å²) in [6.45, 7) is 1.75. The summed E-state index contributed by atoms with van der Waals surface area (Å²) >= 11 is 0. The van der Waals surface area contributed by atoms with E-state index in [1.807, 2.05) is 0 Å². The number of benzene rings is 1. The Morgan fingerprint density at radius 1 is 1.38 bits per heavy atom. The number of nitrogen functional groups attached to an aromatic ring is 1. The van der Waals surface area contributed by atoms with E-state index in [1.165, 1.54) is 12.4 Å². The molecule has 0 aromatic heterocycles. The van der Waals surface area contributed by atoms with Crippen LogP contribution in [0.4, 0.5) is 5.69 Å². The third kappa shape index (κ3) is 2.73. The first-order chi connectivity index (χ1) is 7.34. The van der Waals surface area contributed by atoms with Gasteiger partial charge < -0.3 is 10.6 Å². The van der Waals surface area contributed by atoms with Crippen molar-refractivity contribution in [3.05, 3.63) is 23.8 Å². The molecular weight excluding hydrogens is 226 g/mol. The van der Waals surface area contributed by atoms with E-state index in [0.717, 1.165) is 5.56 Å². The third-order valence-electron chi connectivity index (χ3n) is 1.98. The van der Waals surface area contributed by atoms with Crippen molar-refractivity contribution in [1.29, 1.82) is 0 Å². The fourth-order valence-electron chi connectivity index (χ4n) is 1.09. The SMILES string of the molecule is Cc1cccc(S(=O)(=O)/N=C/N(C)C)c1N. The van der Waals surface area contributed by atoms with Crippen LogP contribution in [-0.2, 0) is 10.0 Å². The lowest BCUT2D eigenvalue weighted by Gasteiger charge is -2.07. The van der Waals surface area contributed by atoms with Crippen molar-refractivity contribution in [2.75, 3.05) is 19.8 Å². The minimum absolute atomic E-state index is 0.0469. The van der Waals surface area contributed by atoms with E-state index in [2.05, 4.69) is 4.40 Å². The van der Waals surface area contributed by atoms with Crippen LogP contribution in [0.2, 0.25) is 0 Å². The summed E-state index contributed by atoms with van der Waals surface area (Å²) in [6.07, 6.45) is 1.23. The Morgan fingerprint density at radius 3 is 2.56 bits per heavy atom. The molecule has 0 aliphatic heterocycles. The molecule has 0 atom stereocenters. The highest BCUT2D eigenvalue weighted by Gasteiger charge is 2.16. The highest BCUT2D eigenvalue weighted by Crippen LogP contribution is 2.23. The zero-order valence-corrected chi connectivity index (χ0v) is 10.3. The van der Waals surface area contributed by atoms with Crippen LogP contribution in [0.5, 0.6) is 0 Å². The van der Waals surface area contributed by atoms with Crippen LogP contribution in [0.25, 0.3) is 0 Å². The summed E-state index contributed by atoms with van der Waals surface area (Å²) < 4.78 is 27.1. The second kappa shape index (κ2) is 4.52. The molecule has 0 spiro atoms. The minimum atomic E-state index is -3.71. The Labute approximate surface area is 95.6 Å². The molecule has 16 heavy (non-hydrogen) atoms. The van der Waals surface area contributed by atoms with Gasteiger partial charge in [0.2, 0.25) is 0 Å². The molecule has 0 fully saturated rings. The Morgan fingerprint density at radius 2 is 2.00 bits per heavy atom. The van der Waals surface area contributed by atoms with Crippen molar-refractivity contribution < 1.29 is 8.42 Å². The lowest BCUT2D eigenvalue weighted by Crippen LogP contribution is -2.11. The highest BCUT2D eigenvalue weighted by molar-refractivity contribution is 7.90. The molecule has 0 bridgehead atoms. The topological polar surface area (TPSA) is 75.8 Å². The van der Waals surface area contributed by atoms with E-state index in [0.29, 0.717) is 0 Å². The van der Waals surface area contributed by atoms with Crippen molar-refractivity contribution >= 4 is 22.0 Å². The van der Waals surface area contributed by atoms with Gasteiger partial charge in [-0.1, -0.05) is 12.1 Å². The third-order valence-corrected chi connectivity index (χ3v) is 3.26. The van der Waals surface area contributed by atoms with Gasteiger partial charge in [0, 0.05) is 14.1 Å². The Balaban J connectivity index is 3.23. The van der Waals surface area contributed by atoms with Crippen LogP contribution < -0.4 is 5.73 Å². The van der Waals surface area contributed by atoms with Crippen molar-refractivity contribution in [2.45, 2.75) is 11.8 Å². The number of nitrogens with zero attached hydrogens (tertiary/aromatic N) is 2. The molecule has 2 N–H and O–H groups in total. The van der Waals surface area contributed by atoms with Gasteiger partial charge in [-0.3, -0.25) is 0 Å². The normalized spacial score (nSPS) is 11.9. The summed E-state index contributed by atoms with van der Waals surface area (Å²) in [5.41, 5.74) is 6.68. The van der Waals surface area contributed by atoms with E-state index in [1.54, 1.807) is 38.1 Å². The van der Waals surface area contributed by atoms with Crippen LogP contribution in [0.3, 0.4) is 0 Å². The molecule has 88 valence electrons. The van der Waals surface area contributed by atoms with E-state index < -0.39 is 10.0 Å². The smallest absolute Gasteiger partial charge is 0.285 e. The quantitative estimate of drug-likeness (QED) is 0.483. The molecule has 0 saturated carbocycles. The second-order valence-corrected chi connectivity index (χ2v) is 5.25. The Bertz CT molecular complexity index is 507. The first-order valence-electron chi connectivity index (χ1n) is 4.66. The number of aryl methyl sites for hydroxylation is 1. The van der Waals surface area contributed by atoms with Crippen molar-refractivity contribution in [3.8, 4) is 0 Å². The largest absolute Gasteiger partial charge is 0.397 e. The summed E-state index contributed by atoms with van der Waals surface area (Å²) in [7, 11) is -0.320. The van der Waals surface area contributed by atoms with Crippen LogP contribution in [-0.4, -0.2) is 33.8 Å². The Kier molecular flexibility index (Phi) is 3.54. The van der Waals surface area contributed by atoms with Gasteiger partial charge in [-0.05, 0) is 18.6 Å². The van der Waals surface area contributed by atoms with Crippen LogP contribution in [0, 0.1) is 6.92 Å². The molecule has 6 heteroatoms. The molecule has 0 radical (unpaired) electrons. The maximum atomic E-state index is 11.8. The average molecular weight is 241 g/mol. The van der Waals surface area contributed by atoms with Crippen LogP contribution >= 0.6 is 0 Å². The number of para-hydroxylation sites is 1. The first-order valence-corrected chi connectivity index (χ1v) is 6.10. The summed E-state index contributed by atoms with van der Waals surface area (Å²) in [6, 6.07) is 4.85. The number of anilines is 1. The minimum Gasteiger partial charge on any atom is -0.397 e. The van der Waals surface area contributed by atoms with Gasteiger partial charge in [-0.15, -0.1) is 4.40 Å². The summed E-state index contributed by atoms with van der Waals surface area (Å²) in [4.78, 5) is 1.59. The fraction of sp³-hybridized carbons (Fsp3) is 0.300. The second-order valence-electron chi connectivity index (χ2n) is 3.65. The molecule has 0 aliphatic carbocycles. The van der Waals surface area contributed by atoms with Gasteiger partial charge in [0.1, 0.15) is 11.2 Å². The maximum absolute atomic E-state index is 11.8. The van der Waals surface area contributed by atoms with Crippen molar-refractivity contribution in [1.82, 2.24) is 4.90 Å². The monoisotopic (exact) mass is 241 g/mol. The maximum Gasteiger partial charge on any atom is 0.285 e. The predicted octanol–water partition coefficient (Wildman–Crippen LogP) is 0.856. The highest BCUT2D eigenvalue weighted by atomic mass is 32.2. The van der Waals surface area contributed by atoms with Crippen LogP contribution in [0.1, 0.15) is 5.56 Å². The molecule has 0 amide bonds. The molecule has 0 aliphatic rings. The van der Waals surface area contributed by atoms with E-state index in [9.17, 15) is 8.42 Å². The van der Waals surface area contributed by atoms with Gasteiger partial charge in [-0.25, -0.2) is 0 Å². The molecule has 1 aromatic carbocycles. The molecule has 0 unspecified atom stereocenters.